The van der Waals surface area contributed by atoms with Crippen LogP contribution in [0.4, 0.5) is 17.1 Å². The minimum atomic E-state index is 0.638. The number of benzene rings is 9. The highest BCUT2D eigenvalue weighted by molar-refractivity contribution is 6.21. The number of anilines is 3. The molecule has 0 spiro atoms. The lowest BCUT2D eigenvalue weighted by molar-refractivity contribution is 1.01. The molecule has 0 fully saturated rings. The fraction of sp³-hybridized carbons (Fsp3) is 0. The van der Waals surface area contributed by atoms with Crippen molar-refractivity contribution in [2.24, 2.45) is 0 Å². The van der Waals surface area contributed by atoms with E-state index < -0.39 is 0 Å². The van der Waals surface area contributed by atoms with E-state index in [2.05, 4.69) is 216 Å². The Morgan fingerprint density at radius 2 is 0.983 bits per heavy atom. The van der Waals surface area contributed by atoms with Crippen molar-refractivity contribution in [3.8, 4) is 50.6 Å². The van der Waals surface area contributed by atoms with Crippen molar-refractivity contribution < 1.29 is 0 Å². The number of fused-ring (bicyclic) bond motifs is 11. The average molecular weight is 739 g/mol. The summed E-state index contributed by atoms with van der Waals surface area (Å²) >= 11 is 0. The van der Waals surface area contributed by atoms with Crippen LogP contribution in [0.15, 0.2) is 206 Å². The van der Waals surface area contributed by atoms with E-state index in [1.807, 2.05) is 0 Å². The number of hydrogen-bond donors (Lipinski definition) is 0. The molecule has 11 aromatic rings. The Labute approximate surface area is 335 Å². The van der Waals surface area contributed by atoms with Crippen LogP contribution in [0.25, 0.3) is 94.1 Å². The molecule has 12 rings (SSSR count). The van der Waals surface area contributed by atoms with Gasteiger partial charge in [-0.3, -0.25) is 4.57 Å². The lowest BCUT2D eigenvalue weighted by Gasteiger charge is -2.28. The monoisotopic (exact) mass is 738 g/mol. The van der Waals surface area contributed by atoms with Crippen LogP contribution >= 0.6 is 0 Å². The molecule has 0 N–H and O–H groups in total. The van der Waals surface area contributed by atoms with E-state index in [0.717, 1.165) is 61.0 Å². The number of para-hydroxylation sites is 4. The van der Waals surface area contributed by atoms with Crippen molar-refractivity contribution >= 4 is 60.5 Å². The summed E-state index contributed by atoms with van der Waals surface area (Å²) < 4.78 is 2.26. The van der Waals surface area contributed by atoms with Gasteiger partial charge in [0.15, 0.2) is 0 Å². The van der Waals surface area contributed by atoms with E-state index in [9.17, 15) is 0 Å². The first-order chi connectivity index (χ1) is 28.8. The van der Waals surface area contributed by atoms with Gasteiger partial charge in [-0.1, -0.05) is 170 Å². The summed E-state index contributed by atoms with van der Waals surface area (Å²) in [5, 5.41) is 5.79. The molecule has 0 unspecified atom stereocenters. The van der Waals surface area contributed by atoms with E-state index in [1.54, 1.807) is 0 Å². The molecule has 1 aliphatic rings. The van der Waals surface area contributed by atoms with Gasteiger partial charge in [-0.2, -0.15) is 0 Å². The predicted molar refractivity (Wildman–Crippen MR) is 241 cm³/mol. The summed E-state index contributed by atoms with van der Waals surface area (Å²) in [4.78, 5) is 13.3. The summed E-state index contributed by atoms with van der Waals surface area (Å²) in [7, 11) is 0. The van der Waals surface area contributed by atoms with Crippen LogP contribution in [0.1, 0.15) is 0 Å². The van der Waals surface area contributed by atoms with Gasteiger partial charge in [-0.15, -0.1) is 0 Å². The molecule has 0 amide bonds. The lowest BCUT2D eigenvalue weighted by atomic mass is 9.93. The molecule has 0 bridgehead atoms. The third kappa shape index (κ3) is 4.88. The second-order valence-corrected chi connectivity index (χ2v) is 14.9. The highest BCUT2D eigenvalue weighted by atomic mass is 15.2. The molecular weight excluding hydrogens is 705 g/mol. The normalized spacial score (nSPS) is 12.1. The van der Waals surface area contributed by atoms with Crippen molar-refractivity contribution in [2.75, 3.05) is 4.90 Å². The fourth-order valence-electron chi connectivity index (χ4n) is 9.19. The van der Waals surface area contributed by atoms with E-state index in [4.69, 9.17) is 9.97 Å². The van der Waals surface area contributed by atoms with Gasteiger partial charge in [-0.05, 0) is 69.4 Å². The van der Waals surface area contributed by atoms with Crippen LogP contribution < -0.4 is 4.90 Å². The standard InChI is InChI=1S/C54H34N4/c1-2-17-38(18-3-1)57-48-27-12-9-22-43(48)41-20-6-7-21-42(41)44-33-34-50-51(53(44)57)46-24-10-13-28-49(46)58(50)54-55-47-26-11-8-23-45(47)52(56-54)37-31-29-36(30-32-37)40-25-14-16-35-15-4-5-19-39(35)40/h1-34H. The molecule has 0 saturated carbocycles. The van der Waals surface area contributed by atoms with Crippen molar-refractivity contribution in [3.05, 3.63) is 206 Å². The maximum Gasteiger partial charge on any atom is 0.235 e. The van der Waals surface area contributed by atoms with Gasteiger partial charge in [-0.25, -0.2) is 9.97 Å². The second kappa shape index (κ2) is 12.9. The summed E-state index contributed by atoms with van der Waals surface area (Å²) in [5.41, 5.74) is 15.5. The van der Waals surface area contributed by atoms with Gasteiger partial charge >= 0.3 is 0 Å². The summed E-state index contributed by atoms with van der Waals surface area (Å²) in [5.74, 6) is 0.638. The highest BCUT2D eigenvalue weighted by Crippen LogP contribution is 2.54. The molecule has 4 heteroatoms. The maximum absolute atomic E-state index is 5.48. The Bertz CT molecular complexity index is 3390. The van der Waals surface area contributed by atoms with Crippen molar-refractivity contribution in [3.63, 3.8) is 0 Å². The average Bonchev–Trinajstić information content (AvgIpc) is 3.57. The van der Waals surface area contributed by atoms with E-state index in [-0.39, 0.29) is 0 Å². The zero-order chi connectivity index (χ0) is 38.2. The smallest absolute Gasteiger partial charge is 0.235 e. The third-order valence-electron chi connectivity index (χ3n) is 11.8. The molecule has 4 nitrogen and oxygen atoms in total. The SMILES string of the molecule is c1ccc(N2c3ccccc3-c3ccccc3-c3ccc4c(c32)c2ccccc2n4-c2nc(-c3ccc(-c4cccc5ccccc45)cc3)c3ccccc3n2)cc1. The minimum Gasteiger partial charge on any atom is -0.309 e. The van der Waals surface area contributed by atoms with Gasteiger partial charge in [0.25, 0.3) is 0 Å². The molecule has 0 atom stereocenters. The molecule has 3 heterocycles. The van der Waals surface area contributed by atoms with Crippen LogP contribution in [-0.2, 0) is 0 Å². The molecule has 0 radical (unpaired) electrons. The summed E-state index contributed by atoms with van der Waals surface area (Å²) in [6.07, 6.45) is 0. The predicted octanol–water partition coefficient (Wildman–Crippen LogP) is 14.3. The number of nitrogens with zero attached hydrogens (tertiary/aromatic N) is 4. The van der Waals surface area contributed by atoms with Crippen LogP contribution in [-0.4, -0.2) is 14.5 Å². The van der Waals surface area contributed by atoms with E-state index in [1.165, 1.54) is 44.2 Å². The first-order valence-electron chi connectivity index (χ1n) is 19.8. The summed E-state index contributed by atoms with van der Waals surface area (Å²) in [6, 6.07) is 73.9. The Balaban J connectivity index is 1.12. The Kier molecular flexibility index (Phi) is 7.20. The second-order valence-electron chi connectivity index (χ2n) is 14.9. The van der Waals surface area contributed by atoms with Crippen molar-refractivity contribution in [1.29, 1.82) is 0 Å². The quantitative estimate of drug-likeness (QED) is 0.180. The van der Waals surface area contributed by atoms with Gasteiger partial charge in [0.1, 0.15) is 0 Å². The first kappa shape index (κ1) is 32.4. The molecule has 58 heavy (non-hydrogen) atoms. The van der Waals surface area contributed by atoms with Crippen molar-refractivity contribution in [1.82, 2.24) is 14.5 Å². The molecule has 9 aromatic carbocycles. The number of rotatable bonds is 4. The van der Waals surface area contributed by atoms with Crippen LogP contribution in [0.5, 0.6) is 0 Å². The fourth-order valence-corrected chi connectivity index (χ4v) is 9.19. The molecule has 2 aromatic heterocycles. The molecule has 0 saturated heterocycles. The van der Waals surface area contributed by atoms with Crippen LogP contribution in [0.3, 0.4) is 0 Å². The number of aromatic nitrogens is 3. The lowest BCUT2D eigenvalue weighted by Crippen LogP contribution is -2.11. The van der Waals surface area contributed by atoms with Gasteiger partial charge in [0, 0.05) is 38.5 Å². The molecule has 0 aliphatic carbocycles. The molecular formula is C54H34N4. The summed E-state index contributed by atoms with van der Waals surface area (Å²) in [6.45, 7) is 0. The van der Waals surface area contributed by atoms with Crippen LogP contribution in [0.2, 0.25) is 0 Å². The molecule has 1 aliphatic heterocycles. The zero-order valence-electron chi connectivity index (χ0n) is 31.4. The molecule has 270 valence electrons. The maximum atomic E-state index is 5.48. The van der Waals surface area contributed by atoms with E-state index >= 15 is 0 Å². The highest BCUT2D eigenvalue weighted by Gasteiger charge is 2.30. The third-order valence-corrected chi connectivity index (χ3v) is 11.8. The zero-order valence-corrected chi connectivity index (χ0v) is 31.4. The largest absolute Gasteiger partial charge is 0.309 e. The van der Waals surface area contributed by atoms with Crippen LogP contribution in [0, 0.1) is 0 Å². The minimum absolute atomic E-state index is 0.638. The Hall–Kier alpha value is -7.82. The Morgan fingerprint density at radius 3 is 1.83 bits per heavy atom. The first-order valence-corrected chi connectivity index (χ1v) is 19.8. The topological polar surface area (TPSA) is 34.0 Å². The van der Waals surface area contributed by atoms with Gasteiger partial charge in [0.05, 0.1) is 33.6 Å². The van der Waals surface area contributed by atoms with Crippen molar-refractivity contribution in [2.45, 2.75) is 0 Å². The number of hydrogen-bond acceptors (Lipinski definition) is 3. The Morgan fingerprint density at radius 1 is 0.362 bits per heavy atom. The van der Waals surface area contributed by atoms with Gasteiger partial charge in [0.2, 0.25) is 5.95 Å². The van der Waals surface area contributed by atoms with Gasteiger partial charge < -0.3 is 4.90 Å². The van der Waals surface area contributed by atoms with E-state index in [0.29, 0.717) is 5.95 Å².